The van der Waals surface area contributed by atoms with Gasteiger partial charge in [0.1, 0.15) is 0 Å². The van der Waals surface area contributed by atoms with Crippen molar-refractivity contribution in [2.75, 3.05) is 0 Å². The highest BCUT2D eigenvalue weighted by Gasteiger charge is 2.10. The lowest BCUT2D eigenvalue weighted by Gasteiger charge is -2.14. The SMILES string of the molecule is Ic1ccc2c(c1)C=CC(I)C2. The molecule has 2 heteroatoms. The summed E-state index contributed by atoms with van der Waals surface area (Å²) in [4.78, 5) is 0. The first-order valence-corrected chi connectivity index (χ1v) is 6.19. The minimum absolute atomic E-state index is 0.676. The highest BCUT2D eigenvalue weighted by molar-refractivity contribution is 14.1. The summed E-state index contributed by atoms with van der Waals surface area (Å²) >= 11 is 4.83. The van der Waals surface area contributed by atoms with Gasteiger partial charge in [-0.2, -0.15) is 0 Å². The average molecular weight is 382 g/mol. The van der Waals surface area contributed by atoms with E-state index in [0.29, 0.717) is 3.92 Å². The molecule has 0 saturated heterocycles. The van der Waals surface area contributed by atoms with E-state index < -0.39 is 0 Å². The van der Waals surface area contributed by atoms with Crippen molar-refractivity contribution in [3.8, 4) is 0 Å². The molecule has 0 bridgehead atoms. The Balaban J connectivity index is 2.47. The minimum Gasteiger partial charge on any atom is -0.0777 e. The monoisotopic (exact) mass is 382 g/mol. The molecule has 1 aromatic carbocycles. The summed E-state index contributed by atoms with van der Waals surface area (Å²) in [7, 11) is 0. The predicted octanol–water partition coefficient (Wildman–Crippen LogP) is 3.66. The Morgan fingerprint density at radius 3 is 3.00 bits per heavy atom. The van der Waals surface area contributed by atoms with E-state index in [1.165, 1.54) is 21.1 Å². The van der Waals surface area contributed by atoms with Gasteiger partial charge in [-0.25, -0.2) is 0 Å². The summed E-state index contributed by atoms with van der Waals surface area (Å²) < 4.78 is 2.00. The fourth-order valence-electron chi connectivity index (χ4n) is 1.39. The second-order valence-electron chi connectivity index (χ2n) is 2.92. The number of halogens is 2. The van der Waals surface area contributed by atoms with Crippen LogP contribution in [0.1, 0.15) is 11.1 Å². The van der Waals surface area contributed by atoms with Gasteiger partial charge in [0.2, 0.25) is 0 Å². The molecule has 1 unspecified atom stereocenters. The summed E-state index contributed by atoms with van der Waals surface area (Å²) in [6.07, 6.45) is 5.69. The van der Waals surface area contributed by atoms with E-state index in [0.717, 1.165) is 0 Å². The summed E-state index contributed by atoms with van der Waals surface area (Å²) in [5.41, 5.74) is 2.88. The van der Waals surface area contributed by atoms with Crippen LogP contribution in [0.4, 0.5) is 0 Å². The lowest BCUT2D eigenvalue weighted by Crippen LogP contribution is -2.04. The van der Waals surface area contributed by atoms with Crippen molar-refractivity contribution < 1.29 is 0 Å². The molecular weight excluding hydrogens is 374 g/mol. The average Bonchev–Trinajstić information content (AvgIpc) is 2.05. The molecule has 1 aliphatic carbocycles. The number of hydrogen-bond acceptors (Lipinski definition) is 0. The molecule has 1 atom stereocenters. The fraction of sp³-hybridized carbons (Fsp3) is 0.200. The zero-order valence-corrected chi connectivity index (χ0v) is 10.7. The molecule has 0 aliphatic heterocycles. The largest absolute Gasteiger partial charge is 0.0777 e. The van der Waals surface area contributed by atoms with Crippen LogP contribution in [-0.2, 0) is 6.42 Å². The molecule has 0 saturated carbocycles. The maximum Gasteiger partial charge on any atom is 0.0333 e. The van der Waals surface area contributed by atoms with Gasteiger partial charge >= 0.3 is 0 Å². The van der Waals surface area contributed by atoms with Gasteiger partial charge in [0.25, 0.3) is 0 Å². The number of rotatable bonds is 0. The van der Waals surface area contributed by atoms with Crippen LogP contribution in [0.5, 0.6) is 0 Å². The smallest absolute Gasteiger partial charge is 0.0333 e. The van der Waals surface area contributed by atoms with Crippen molar-refractivity contribution in [1.29, 1.82) is 0 Å². The first-order valence-electron chi connectivity index (χ1n) is 3.86. The lowest BCUT2D eigenvalue weighted by molar-refractivity contribution is 1.03. The minimum atomic E-state index is 0.676. The highest BCUT2D eigenvalue weighted by Crippen LogP contribution is 2.24. The van der Waals surface area contributed by atoms with Crippen LogP contribution in [0.3, 0.4) is 0 Å². The van der Waals surface area contributed by atoms with Crippen LogP contribution in [0.15, 0.2) is 24.3 Å². The number of fused-ring (bicyclic) bond motifs is 1. The van der Waals surface area contributed by atoms with Crippen molar-refractivity contribution in [2.24, 2.45) is 0 Å². The Morgan fingerprint density at radius 2 is 2.17 bits per heavy atom. The van der Waals surface area contributed by atoms with Gasteiger partial charge in [-0.15, -0.1) is 0 Å². The number of alkyl halides is 1. The predicted molar refractivity (Wildman–Crippen MR) is 69.7 cm³/mol. The number of allylic oxidation sites excluding steroid dienone is 1. The third-order valence-electron chi connectivity index (χ3n) is 2.01. The second kappa shape index (κ2) is 3.65. The van der Waals surface area contributed by atoms with Crippen LogP contribution in [0.2, 0.25) is 0 Å². The van der Waals surface area contributed by atoms with Gasteiger partial charge in [-0.1, -0.05) is 40.8 Å². The van der Waals surface area contributed by atoms with E-state index in [1.54, 1.807) is 0 Å². The van der Waals surface area contributed by atoms with Crippen molar-refractivity contribution in [1.82, 2.24) is 0 Å². The zero-order chi connectivity index (χ0) is 8.55. The molecule has 0 radical (unpaired) electrons. The number of benzene rings is 1. The summed E-state index contributed by atoms with van der Waals surface area (Å²) in [6.45, 7) is 0. The Kier molecular flexibility index (Phi) is 2.74. The Bertz CT molecular complexity index is 329. The molecule has 0 spiro atoms. The molecule has 0 nitrogen and oxygen atoms in total. The van der Waals surface area contributed by atoms with Crippen molar-refractivity contribution in [3.63, 3.8) is 0 Å². The van der Waals surface area contributed by atoms with Crippen LogP contribution in [-0.4, -0.2) is 3.92 Å². The molecule has 62 valence electrons. The molecule has 1 aliphatic rings. The lowest BCUT2D eigenvalue weighted by atomic mass is 9.98. The molecule has 0 heterocycles. The Labute approximate surface area is 99.7 Å². The zero-order valence-electron chi connectivity index (χ0n) is 6.43. The molecule has 0 N–H and O–H groups in total. The first-order chi connectivity index (χ1) is 5.75. The third kappa shape index (κ3) is 1.84. The van der Waals surface area contributed by atoms with E-state index in [9.17, 15) is 0 Å². The van der Waals surface area contributed by atoms with Crippen LogP contribution >= 0.6 is 45.2 Å². The molecule has 2 rings (SSSR count). The van der Waals surface area contributed by atoms with Crippen molar-refractivity contribution in [2.45, 2.75) is 10.3 Å². The topological polar surface area (TPSA) is 0 Å². The van der Waals surface area contributed by atoms with Crippen molar-refractivity contribution >= 4 is 51.3 Å². The van der Waals surface area contributed by atoms with Gasteiger partial charge in [0.05, 0.1) is 0 Å². The number of hydrogen-bond donors (Lipinski definition) is 0. The van der Waals surface area contributed by atoms with Crippen LogP contribution in [0, 0.1) is 3.57 Å². The highest BCUT2D eigenvalue weighted by atomic mass is 127. The maximum atomic E-state index is 2.47. The molecule has 0 amide bonds. The van der Waals surface area contributed by atoms with Gasteiger partial charge in [-0.05, 0) is 52.3 Å². The molecular formula is C10H8I2. The normalized spacial score (nSPS) is 20.7. The van der Waals surface area contributed by atoms with Gasteiger partial charge in [-0.3, -0.25) is 0 Å². The van der Waals surface area contributed by atoms with E-state index in [4.69, 9.17) is 0 Å². The fourth-order valence-corrected chi connectivity index (χ4v) is 2.59. The summed E-state index contributed by atoms with van der Waals surface area (Å²) in [6, 6.07) is 6.67. The van der Waals surface area contributed by atoms with Crippen LogP contribution in [0.25, 0.3) is 6.08 Å². The molecule has 1 aromatic rings. The van der Waals surface area contributed by atoms with E-state index >= 15 is 0 Å². The molecule has 12 heavy (non-hydrogen) atoms. The second-order valence-corrected chi connectivity index (χ2v) is 5.77. The molecule has 0 fully saturated rings. The van der Waals surface area contributed by atoms with Crippen molar-refractivity contribution in [3.05, 3.63) is 39.0 Å². The maximum absolute atomic E-state index is 2.47. The summed E-state index contributed by atoms with van der Waals surface area (Å²) in [5.74, 6) is 0. The van der Waals surface area contributed by atoms with Gasteiger partial charge in [0, 0.05) is 7.49 Å². The third-order valence-corrected chi connectivity index (χ3v) is 3.53. The standard InChI is InChI=1S/C10H8I2/c11-9-3-1-7-5-10(12)4-2-8(7)6-9/h1-5,9H,6H2. The molecule has 0 aromatic heterocycles. The van der Waals surface area contributed by atoms with Crippen LogP contribution < -0.4 is 0 Å². The van der Waals surface area contributed by atoms with E-state index in [1.807, 2.05) is 0 Å². The Morgan fingerprint density at radius 1 is 1.33 bits per heavy atom. The van der Waals surface area contributed by atoms with E-state index in [-0.39, 0.29) is 0 Å². The summed E-state index contributed by atoms with van der Waals surface area (Å²) in [5, 5.41) is 0. The Hall–Kier alpha value is 0.420. The van der Waals surface area contributed by atoms with Gasteiger partial charge in [0.15, 0.2) is 0 Å². The van der Waals surface area contributed by atoms with E-state index in [2.05, 4.69) is 75.5 Å². The first kappa shape index (κ1) is 8.99. The quantitative estimate of drug-likeness (QED) is 0.475. The van der Waals surface area contributed by atoms with Gasteiger partial charge < -0.3 is 0 Å².